The van der Waals surface area contributed by atoms with Crippen LogP contribution >= 0.6 is 0 Å². The van der Waals surface area contributed by atoms with Crippen molar-refractivity contribution in [2.75, 3.05) is 25.0 Å². The zero-order chi connectivity index (χ0) is 26.5. The van der Waals surface area contributed by atoms with E-state index in [-0.39, 0.29) is 35.7 Å². The number of anilines is 1. The summed E-state index contributed by atoms with van der Waals surface area (Å²) in [6.45, 7) is 4.15. The van der Waals surface area contributed by atoms with Gasteiger partial charge in [-0.05, 0) is 51.6 Å². The molecule has 4 fully saturated rings. The second kappa shape index (κ2) is 9.74. The normalized spacial score (nSPS) is 24.8. The Morgan fingerprint density at radius 3 is 2.35 bits per heavy atom. The molecule has 200 valence electrons. The predicted octanol–water partition coefficient (Wildman–Crippen LogP) is 4.68. The second-order valence-electron chi connectivity index (χ2n) is 10.3. The van der Waals surface area contributed by atoms with E-state index >= 15 is 0 Å². The fraction of sp³-hybridized carbons (Fsp3) is 0.538. The number of fused-ring (bicyclic) bond motifs is 3. The lowest BCUT2D eigenvalue weighted by molar-refractivity contribution is 0.0648. The van der Waals surface area contributed by atoms with Gasteiger partial charge in [0.05, 0.1) is 22.9 Å². The molecule has 2 atom stereocenters. The number of hydrogen-bond acceptors (Lipinski definition) is 4. The Hall–Kier alpha value is -2.95. The summed E-state index contributed by atoms with van der Waals surface area (Å²) < 4.78 is 69.6. The highest BCUT2D eigenvalue weighted by Gasteiger charge is 2.53. The van der Waals surface area contributed by atoms with Crippen LogP contribution in [-0.4, -0.2) is 47.5 Å². The molecular weight excluding hydrogens is 495 g/mol. The van der Waals surface area contributed by atoms with Crippen LogP contribution in [0.5, 0.6) is 0 Å². The third kappa shape index (κ3) is 4.73. The maximum absolute atomic E-state index is 14.7. The van der Waals surface area contributed by atoms with E-state index in [4.69, 9.17) is 0 Å². The van der Waals surface area contributed by atoms with E-state index in [1.807, 2.05) is 0 Å². The minimum Gasteiger partial charge on any atom is -0.380 e. The van der Waals surface area contributed by atoms with Crippen molar-refractivity contribution in [2.24, 2.45) is 5.92 Å². The van der Waals surface area contributed by atoms with Crippen molar-refractivity contribution in [3.05, 3.63) is 63.3 Å². The molecule has 4 aliphatic rings. The number of piperidine rings is 3. The third-order valence-corrected chi connectivity index (χ3v) is 8.05. The van der Waals surface area contributed by atoms with Gasteiger partial charge in [-0.15, -0.1) is 0 Å². The molecule has 2 bridgehead atoms. The van der Waals surface area contributed by atoms with Crippen LogP contribution in [0.25, 0.3) is 0 Å². The molecule has 1 aliphatic carbocycles. The molecule has 3 saturated heterocycles. The van der Waals surface area contributed by atoms with Gasteiger partial charge in [0, 0.05) is 30.4 Å². The van der Waals surface area contributed by atoms with Crippen LogP contribution in [0.4, 0.5) is 27.6 Å². The van der Waals surface area contributed by atoms with Crippen LogP contribution in [0.3, 0.4) is 0 Å². The molecule has 4 heterocycles. The maximum Gasteiger partial charge on any atom is 0.266 e. The molecule has 0 unspecified atom stereocenters. The number of halogens is 5. The number of rotatable bonds is 8. The fourth-order valence-electron chi connectivity index (χ4n) is 5.63. The lowest BCUT2D eigenvalue weighted by atomic mass is 9.84. The first kappa shape index (κ1) is 25.7. The van der Waals surface area contributed by atoms with Crippen molar-refractivity contribution in [1.82, 2.24) is 14.8 Å². The Bertz CT molecular complexity index is 1240. The van der Waals surface area contributed by atoms with Gasteiger partial charge < -0.3 is 20.1 Å². The number of aromatic nitrogens is 1. The van der Waals surface area contributed by atoms with Crippen molar-refractivity contribution >= 4 is 11.6 Å². The third-order valence-electron chi connectivity index (χ3n) is 8.05. The Morgan fingerprint density at radius 2 is 1.78 bits per heavy atom. The summed E-state index contributed by atoms with van der Waals surface area (Å²) in [5.41, 5.74) is -3.00. The van der Waals surface area contributed by atoms with Crippen LogP contribution < -0.4 is 16.2 Å². The van der Waals surface area contributed by atoms with Crippen LogP contribution in [-0.2, 0) is 5.54 Å². The number of amides is 1. The summed E-state index contributed by atoms with van der Waals surface area (Å²) in [6, 6.07) is 3.71. The number of carbonyl (C=O) groups excluding carboxylic acids is 1. The summed E-state index contributed by atoms with van der Waals surface area (Å²) in [5, 5.41) is 5.90. The molecule has 11 heteroatoms. The topological polar surface area (TPSA) is 66.4 Å². The number of carbonyl (C=O) groups is 1. The molecule has 3 aliphatic heterocycles. The Kier molecular flexibility index (Phi) is 6.76. The molecule has 2 aromatic rings. The molecule has 37 heavy (non-hydrogen) atoms. The highest BCUT2D eigenvalue weighted by Crippen LogP contribution is 2.48. The maximum atomic E-state index is 14.7. The molecule has 6 nitrogen and oxygen atoms in total. The van der Waals surface area contributed by atoms with Gasteiger partial charge in [-0.1, -0.05) is 18.2 Å². The van der Waals surface area contributed by atoms with E-state index < -0.39 is 47.3 Å². The Labute approximate surface area is 210 Å². The van der Waals surface area contributed by atoms with Gasteiger partial charge in [-0.3, -0.25) is 9.59 Å². The van der Waals surface area contributed by atoms with E-state index in [1.54, 1.807) is 0 Å². The van der Waals surface area contributed by atoms with E-state index in [0.29, 0.717) is 5.92 Å². The minimum atomic E-state index is -3.02. The number of nitrogens with one attached hydrogen (secondary N) is 2. The summed E-state index contributed by atoms with van der Waals surface area (Å²) >= 11 is 0. The van der Waals surface area contributed by atoms with E-state index in [2.05, 4.69) is 15.5 Å². The molecule has 1 amide bonds. The molecule has 1 aromatic carbocycles. The van der Waals surface area contributed by atoms with Crippen molar-refractivity contribution in [2.45, 2.75) is 63.1 Å². The Morgan fingerprint density at radius 1 is 1.11 bits per heavy atom. The van der Waals surface area contributed by atoms with E-state index in [9.17, 15) is 31.5 Å². The average molecular weight is 525 g/mol. The number of nitrogens with zero attached hydrogens (tertiary/aromatic N) is 2. The zero-order valence-corrected chi connectivity index (χ0v) is 20.3. The molecule has 1 saturated carbocycles. The highest BCUT2D eigenvalue weighted by atomic mass is 19.3. The number of hydrogen-bond donors (Lipinski definition) is 2. The molecule has 2 N–H and O–H groups in total. The van der Waals surface area contributed by atoms with Crippen molar-refractivity contribution in [3.8, 4) is 0 Å². The lowest BCUT2D eigenvalue weighted by Gasteiger charge is -2.45. The van der Waals surface area contributed by atoms with Crippen molar-refractivity contribution < 1.29 is 26.7 Å². The summed E-state index contributed by atoms with van der Waals surface area (Å²) in [4.78, 5) is 28.6. The van der Waals surface area contributed by atoms with Crippen LogP contribution in [0.1, 0.15) is 66.6 Å². The number of pyridine rings is 1. The largest absolute Gasteiger partial charge is 0.380 e. The van der Waals surface area contributed by atoms with Crippen LogP contribution in [0.2, 0.25) is 0 Å². The number of benzene rings is 1. The molecule has 1 aromatic heterocycles. The fourth-order valence-corrected chi connectivity index (χ4v) is 5.63. The summed E-state index contributed by atoms with van der Waals surface area (Å²) in [6.07, 6.45) is -2.48. The first-order chi connectivity index (χ1) is 17.6. The van der Waals surface area contributed by atoms with Gasteiger partial charge in [0.1, 0.15) is 11.4 Å². The quantitative estimate of drug-likeness (QED) is 0.493. The van der Waals surface area contributed by atoms with Gasteiger partial charge in [-0.25, -0.2) is 22.0 Å². The average Bonchev–Trinajstić information content (AvgIpc) is 3.67. The Balaban J connectivity index is 1.48. The molecular formula is C26H29F5N4O2. The van der Waals surface area contributed by atoms with E-state index in [0.717, 1.165) is 49.3 Å². The monoisotopic (exact) mass is 524 g/mol. The van der Waals surface area contributed by atoms with Crippen LogP contribution in [0.15, 0.2) is 35.3 Å². The van der Waals surface area contributed by atoms with Crippen molar-refractivity contribution in [1.29, 1.82) is 0 Å². The number of alkyl halides is 4. The van der Waals surface area contributed by atoms with Gasteiger partial charge in [-0.2, -0.15) is 0 Å². The molecule has 0 radical (unpaired) electrons. The zero-order valence-electron chi connectivity index (χ0n) is 20.3. The van der Waals surface area contributed by atoms with Crippen molar-refractivity contribution in [3.63, 3.8) is 0 Å². The van der Waals surface area contributed by atoms with E-state index in [1.165, 1.54) is 25.1 Å². The van der Waals surface area contributed by atoms with Gasteiger partial charge in [0.2, 0.25) is 0 Å². The predicted molar refractivity (Wildman–Crippen MR) is 128 cm³/mol. The van der Waals surface area contributed by atoms with Gasteiger partial charge >= 0.3 is 0 Å². The van der Waals surface area contributed by atoms with Gasteiger partial charge in [0.25, 0.3) is 24.3 Å². The molecule has 0 spiro atoms. The second-order valence-corrected chi connectivity index (χ2v) is 10.3. The minimum absolute atomic E-state index is 0.0214. The summed E-state index contributed by atoms with van der Waals surface area (Å²) in [5.74, 6) is -1.49. The summed E-state index contributed by atoms with van der Waals surface area (Å²) in [7, 11) is 0. The lowest BCUT2D eigenvalue weighted by Crippen LogP contribution is -2.53. The first-order valence-electron chi connectivity index (χ1n) is 12.5. The first-order valence-corrected chi connectivity index (χ1v) is 12.5. The highest BCUT2D eigenvalue weighted by molar-refractivity contribution is 5.99. The molecule has 6 rings (SSSR count). The SMILES string of the molecule is C[C@@H](NC(=O)c1cn(C2(C(F)F)CC2)c(=O)cc1N[C@@H]1CN2CCC1CC2)c1cccc(C(F)F)c1F. The van der Waals surface area contributed by atoms with Crippen LogP contribution in [0, 0.1) is 11.7 Å². The smallest absolute Gasteiger partial charge is 0.266 e. The standard InChI is InChI=1S/C26H29F5N4O2/c1-14(16-3-2-4-17(22(16)27)23(28)29)32-24(37)18-12-35(26(7-8-26)25(30)31)21(36)11-19(18)33-20-13-34-9-5-15(20)6-10-34/h2-4,11-12,14-15,20,23,25,33H,5-10,13H2,1H3,(H,32,37)/t14-,20-/m1/s1. The van der Waals surface area contributed by atoms with Gasteiger partial charge in [0.15, 0.2) is 0 Å².